The first-order valence-electron chi connectivity index (χ1n) is 6.34. The van der Waals surface area contributed by atoms with Crippen LogP contribution in [0.4, 0.5) is 0 Å². The van der Waals surface area contributed by atoms with Crippen LogP contribution in [0, 0.1) is 5.92 Å². The lowest BCUT2D eigenvalue weighted by Crippen LogP contribution is -2.42. The molecule has 0 bridgehead atoms. The number of nitrogens with zero attached hydrogens (tertiary/aromatic N) is 2. The summed E-state index contributed by atoms with van der Waals surface area (Å²) in [6, 6.07) is 0.323. The average Bonchev–Trinajstić information content (AvgIpc) is 2.97. The molecule has 0 aliphatic carbocycles. The van der Waals surface area contributed by atoms with Gasteiger partial charge in [-0.1, -0.05) is 0 Å². The maximum atomic E-state index is 12.1. The van der Waals surface area contributed by atoms with Crippen molar-refractivity contribution < 1.29 is 4.79 Å². The molecule has 1 amide bonds. The summed E-state index contributed by atoms with van der Waals surface area (Å²) < 4.78 is 2.14. The number of aromatic nitrogens is 2. The number of rotatable bonds is 2. The van der Waals surface area contributed by atoms with Crippen LogP contribution in [0.2, 0.25) is 0 Å². The van der Waals surface area contributed by atoms with Crippen molar-refractivity contribution in [2.24, 2.45) is 5.92 Å². The molecule has 5 nitrogen and oxygen atoms in total. The van der Waals surface area contributed by atoms with Crippen molar-refractivity contribution >= 4 is 5.91 Å². The van der Waals surface area contributed by atoms with Crippen LogP contribution in [0.15, 0.2) is 12.4 Å². The molecule has 5 heteroatoms. The first-order valence-corrected chi connectivity index (χ1v) is 6.34. The van der Waals surface area contributed by atoms with Gasteiger partial charge in [-0.25, -0.2) is 4.98 Å². The Labute approximate surface area is 101 Å². The van der Waals surface area contributed by atoms with Gasteiger partial charge in [-0.3, -0.25) is 4.79 Å². The summed E-state index contributed by atoms with van der Waals surface area (Å²) in [7, 11) is 0. The molecule has 0 aromatic carbocycles. The number of amides is 1. The molecular weight excluding hydrogens is 216 g/mol. The Hall–Kier alpha value is -1.36. The standard InChI is InChI=1S/C12H18N4O/c17-12(15-10-1-3-13-8-10)9-2-5-16-6-4-14-11(16)7-9/h4,6,9-10,13H,1-3,5,7-8H2,(H,15,17). The van der Waals surface area contributed by atoms with Gasteiger partial charge in [-0.2, -0.15) is 0 Å². The summed E-state index contributed by atoms with van der Waals surface area (Å²) in [5, 5.41) is 6.39. The summed E-state index contributed by atoms with van der Waals surface area (Å²) in [5.41, 5.74) is 0. The van der Waals surface area contributed by atoms with E-state index < -0.39 is 0 Å². The molecule has 3 heterocycles. The van der Waals surface area contributed by atoms with Gasteiger partial charge in [-0.15, -0.1) is 0 Å². The quantitative estimate of drug-likeness (QED) is 0.752. The van der Waals surface area contributed by atoms with Crippen LogP contribution in [0.5, 0.6) is 0 Å². The molecule has 1 saturated heterocycles. The smallest absolute Gasteiger partial charge is 0.223 e. The third-order valence-electron chi connectivity index (χ3n) is 3.73. The first-order chi connectivity index (χ1) is 8.33. The molecule has 2 aliphatic rings. The molecule has 2 unspecified atom stereocenters. The average molecular weight is 234 g/mol. The van der Waals surface area contributed by atoms with Crippen LogP contribution in [0.25, 0.3) is 0 Å². The van der Waals surface area contributed by atoms with Crippen LogP contribution in [0.1, 0.15) is 18.7 Å². The highest BCUT2D eigenvalue weighted by Crippen LogP contribution is 2.19. The third-order valence-corrected chi connectivity index (χ3v) is 3.73. The van der Waals surface area contributed by atoms with E-state index in [2.05, 4.69) is 20.2 Å². The molecule has 0 spiro atoms. The highest BCUT2D eigenvalue weighted by molar-refractivity contribution is 5.79. The number of fused-ring (bicyclic) bond motifs is 1. The fraction of sp³-hybridized carbons (Fsp3) is 0.667. The maximum Gasteiger partial charge on any atom is 0.223 e. The first kappa shape index (κ1) is 10.8. The molecule has 17 heavy (non-hydrogen) atoms. The van der Waals surface area contributed by atoms with Gasteiger partial charge >= 0.3 is 0 Å². The molecule has 2 aliphatic heterocycles. The summed E-state index contributed by atoms with van der Waals surface area (Å²) in [5.74, 6) is 1.35. The van der Waals surface area contributed by atoms with E-state index in [9.17, 15) is 4.79 Å². The third kappa shape index (κ3) is 2.20. The van der Waals surface area contributed by atoms with Crippen LogP contribution in [0.3, 0.4) is 0 Å². The van der Waals surface area contributed by atoms with Crippen LogP contribution < -0.4 is 10.6 Å². The number of imidazole rings is 1. The Balaban J connectivity index is 1.60. The van der Waals surface area contributed by atoms with Gasteiger partial charge < -0.3 is 15.2 Å². The van der Waals surface area contributed by atoms with E-state index in [1.54, 1.807) is 0 Å². The molecule has 3 rings (SSSR count). The summed E-state index contributed by atoms with van der Waals surface area (Å²) >= 11 is 0. The van der Waals surface area contributed by atoms with Crippen molar-refractivity contribution in [1.82, 2.24) is 20.2 Å². The highest BCUT2D eigenvalue weighted by atomic mass is 16.2. The number of aryl methyl sites for hydroxylation is 1. The van der Waals surface area contributed by atoms with Crippen molar-refractivity contribution in [2.45, 2.75) is 31.8 Å². The topological polar surface area (TPSA) is 59.0 Å². The second kappa shape index (κ2) is 4.49. The van der Waals surface area contributed by atoms with E-state index in [1.807, 2.05) is 12.4 Å². The number of hydrogen-bond donors (Lipinski definition) is 2. The monoisotopic (exact) mass is 234 g/mol. The fourth-order valence-electron chi connectivity index (χ4n) is 2.67. The number of nitrogens with one attached hydrogen (secondary N) is 2. The molecule has 2 atom stereocenters. The minimum atomic E-state index is 0.102. The van der Waals surface area contributed by atoms with E-state index in [1.165, 1.54) is 0 Å². The Morgan fingerprint density at radius 3 is 3.29 bits per heavy atom. The number of hydrogen-bond acceptors (Lipinski definition) is 3. The molecule has 2 N–H and O–H groups in total. The summed E-state index contributed by atoms with van der Waals surface area (Å²) in [6.45, 7) is 2.84. The second-order valence-electron chi connectivity index (χ2n) is 4.92. The molecule has 1 aromatic heterocycles. The number of carbonyl (C=O) groups is 1. The Kier molecular flexibility index (Phi) is 2.84. The van der Waals surface area contributed by atoms with E-state index in [4.69, 9.17) is 0 Å². The van der Waals surface area contributed by atoms with Crippen LogP contribution >= 0.6 is 0 Å². The zero-order chi connectivity index (χ0) is 11.7. The SMILES string of the molecule is O=C(NC1CCNC1)C1CCn2ccnc2C1. The van der Waals surface area contributed by atoms with Gasteiger partial charge in [0.25, 0.3) is 0 Å². The molecule has 92 valence electrons. The molecule has 0 radical (unpaired) electrons. The van der Waals surface area contributed by atoms with Gasteiger partial charge in [0, 0.05) is 43.9 Å². The lowest BCUT2D eigenvalue weighted by atomic mass is 9.96. The van der Waals surface area contributed by atoms with Crippen LogP contribution in [-0.2, 0) is 17.8 Å². The predicted octanol–water partition coefficient (Wildman–Crippen LogP) is -0.0764. The van der Waals surface area contributed by atoms with Gasteiger partial charge in [0.2, 0.25) is 5.91 Å². The second-order valence-corrected chi connectivity index (χ2v) is 4.92. The normalized spacial score (nSPS) is 27.8. The van der Waals surface area contributed by atoms with Gasteiger partial charge in [-0.05, 0) is 19.4 Å². The molecule has 1 aromatic rings. The predicted molar refractivity (Wildman–Crippen MR) is 63.5 cm³/mol. The van der Waals surface area contributed by atoms with Gasteiger partial charge in [0.1, 0.15) is 5.82 Å². The Morgan fingerprint density at radius 2 is 2.47 bits per heavy atom. The minimum Gasteiger partial charge on any atom is -0.352 e. The lowest BCUT2D eigenvalue weighted by Gasteiger charge is -2.24. The van der Waals surface area contributed by atoms with E-state index in [0.29, 0.717) is 6.04 Å². The Bertz CT molecular complexity index is 408. The summed E-state index contributed by atoms with van der Waals surface area (Å²) in [6.07, 6.45) is 6.56. The van der Waals surface area contributed by atoms with E-state index >= 15 is 0 Å². The highest BCUT2D eigenvalue weighted by Gasteiger charge is 2.27. The van der Waals surface area contributed by atoms with Crippen LogP contribution in [-0.4, -0.2) is 34.6 Å². The van der Waals surface area contributed by atoms with Crippen molar-refractivity contribution in [2.75, 3.05) is 13.1 Å². The summed E-state index contributed by atoms with van der Waals surface area (Å²) in [4.78, 5) is 16.4. The minimum absolute atomic E-state index is 0.102. The molecule has 1 fully saturated rings. The van der Waals surface area contributed by atoms with Crippen molar-refractivity contribution in [3.8, 4) is 0 Å². The van der Waals surface area contributed by atoms with E-state index in [-0.39, 0.29) is 11.8 Å². The Morgan fingerprint density at radius 1 is 1.53 bits per heavy atom. The van der Waals surface area contributed by atoms with Gasteiger partial charge in [0.15, 0.2) is 0 Å². The molecule has 0 saturated carbocycles. The fourth-order valence-corrected chi connectivity index (χ4v) is 2.67. The van der Waals surface area contributed by atoms with Crippen molar-refractivity contribution in [3.05, 3.63) is 18.2 Å². The maximum absolute atomic E-state index is 12.1. The molecular formula is C12H18N4O. The van der Waals surface area contributed by atoms with E-state index in [0.717, 1.165) is 44.7 Å². The number of carbonyl (C=O) groups excluding carboxylic acids is 1. The van der Waals surface area contributed by atoms with Gasteiger partial charge in [0.05, 0.1) is 0 Å². The van der Waals surface area contributed by atoms with Crippen molar-refractivity contribution in [3.63, 3.8) is 0 Å². The zero-order valence-corrected chi connectivity index (χ0v) is 9.85. The zero-order valence-electron chi connectivity index (χ0n) is 9.85. The van der Waals surface area contributed by atoms with Crippen molar-refractivity contribution in [1.29, 1.82) is 0 Å². The lowest BCUT2D eigenvalue weighted by molar-refractivity contribution is -0.126. The largest absolute Gasteiger partial charge is 0.352 e.